The number of carbonyl (C=O) groups excluding carboxylic acids is 1. The summed E-state index contributed by atoms with van der Waals surface area (Å²) in [6, 6.07) is 6.12. The van der Waals surface area contributed by atoms with Crippen molar-refractivity contribution < 1.29 is 4.79 Å². The van der Waals surface area contributed by atoms with Crippen LogP contribution in [0.2, 0.25) is 0 Å². The van der Waals surface area contributed by atoms with Crippen molar-refractivity contribution in [3.63, 3.8) is 0 Å². The number of anilines is 1. The fourth-order valence-corrected chi connectivity index (χ4v) is 3.09. The smallest absolute Gasteiger partial charge is 0.238 e. The predicted molar refractivity (Wildman–Crippen MR) is 94.9 cm³/mol. The lowest BCUT2D eigenvalue weighted by Crippen LogP contribution is -2.49. The van der Waals surface area contributed by atoms with Gasteiger partial charge in [-0.3, -0.25) is 9.69 Å². The van der Waals surface area contributed by atoms with Crippen molar-refractivity contribution in [3.05, 3.63) is 47.5 Å². The summed E-state index contributed by atoms with van der Waals surface area (Å²) in [7, 11) is 1.99. The van der Waals surface area contributed by atoms with E-state index < -0.39 is 0 Å². The Balaban J connectivity index is 1.67. The summed E-state index contributed by atoms with van der Waals surface area (Å²) in [4.78, 5) is 19.1. The molecule has 6 nitrogen and oxygen atoms in total. The van der Waals surface area contributed by atoms with Crippen molar-refractivity contribution in [1.29, 1.82) is 0 Å². The second kappa shape index (κ2) is 7.15. The Morgan fingerprint density at radius 3 is 2.92 bits per heavy atom. The van der Waals surface area contributed by atoms with Gasteiger partial charge in [-0.1, -0.05) is 6.07 Å². The summed E-state index contributed by atoms with van der Waals surface area (Å²) in [6.45, 7) is 7.02. The van der Waals surface area contributed by atoms with E-state index in [0.29, 0.717) is 6.54 Å². The van der Waals surface area contributed by atoms with Crippen molar-refractivity contribution in [2.24, 2.45) is 7.05 Å². The molecule has 2 N–H and O–H groups in total. The molecule has 1 aromatic heterocycles. The molecule has 1 amide bonds. The second-order valence-corrected chi connectivity index (χ2v) is 6.43. The number of nitrogens with one attached hydrogen (secondary N) is 2. The first kappa shape index (κ1) is 16.7. The first-order chi connectivity index (χ1) is 11.5. The van der Waals surface area contributed by atoms with E-state index >= 15 is 0 Å². The molecule has 0 saturated carbocycles. The number of hydrogen-bond donors (Lipinski definition) is 2. The Morgan fingerprint density at radius 1 is 1.38 bits per heavy atom. The molecule has 24 heavy (non-hydrogen) atoms. The molecule has 1 unspecified atom stereocenters. The normalized spacial score (nSPS) is 18.5. The van der Waals surface area contributed by atoms with E-state index in [1.54, 1.807) is 6.20 Å². The van der Waals surface area contributed by atoms with Crippen molar-refractivity contribution >= 4 is 11.6 Å². The number of aryl methyl sites for hydroxylation is 3. The van der Waals surface area contributed by atoms with Gasteiger partial charge < -0.3 is 15.2 Å². The summed E-state index contributed by atoms with van der Waals surface area (Å²) < 4.78 is 2.02. The predicted octanol–water partition coefficient (Wildman–Crippen LogP) is 1.62. The van der Waals surface area contributed by atoms with Crippen LogP contribution in [0, 0.1) is 13.8 Å². The SMILES string of the molecule is Cc1ccc(NC(=O)CN2CCNCC2c2nccn2C)cc1C. The van der Waals surface area contributed by atoms with Gasteiger partial charge in [-0.2, -0.15) is 0 Å². The number of amides is 1. The molecule has 0 aliphatic carbocycles. The zero-order valence-electron chi connectivity index (χ0n) is 14.5. The summed E-state index contributed by atoms with van der Waals surface area (Å²) in [5, 5.41) is 6.40. The molecule has 0 spiro atoms. The number of nitrogens with zero attached hydrogens (tertiary/aromatic N) is 3. The van der Waals surface area contributed by atoms with E-state index in [4.69, 9.17) is 0 Å². The van der Waals surface area contributed by atoms with E-state index in [9.17, 15) is 4.79 Å². The van der Waals surface area contributed by atoms with Gasteiger partial charge in [0.2, 0.25) is 5.91 Å². The molecule has 0 bridgehead atoms. The van der Waals surface area contributed by atoms with Gasteiger partial charge in [0.25, 0.3) is 0 Å². The Kier molecular flexibility index (Phi) is 4.97. The number of rotatable bonds is 4. The third-order valence-electron chi connectivity index (χ3n) is 4.65. The second-order valence-electron chi connectivity index (χ2n) is 6.43. The topological polar surface area (TPSA) is 62.2 Å². The van der Waals surface area contributed by atoms with Gasteiger partial charge in [0.15, 0.2) is 0 Å². The lowest BCUT2D eigenvalue weighted by molar-refractivity contribution is -0.118. The number of imidazole rings is 1. The van der Waals surface area contributed by atoms with Crippen LogP contribution in [-0.4, -0.2) is 46.5 Å². The minimum atomic E-state index is 0.0133. The molecule has 2 aromatic rings. The molecule has 2 heterocycles. The third-order valence-corrected chi connectivity index (χ3v) is 4.65. The summed E-state index contributed by atoms with van der Waals surface area (Å²) >= 11 is 0. The van der Waals surface area contributed by atoms with Crippen LogP contribution < -0.4 is 10.6 Å². The van der Waals surface area contributed by atoms with Crippen LogP contribution >= 0.6 is 0 Å². The molecule has 1 aliphatic heterocycles. The average molecular weight is 327 g/mol. The Hall–Kier alpha value is -2.18. The van der Waals surface area contributed by atoms with Crippen molar-refractivity contribution in [2.75, 3.05) is 31.5 Å². The number of aromatic nitrogens is 2. The molecule has 1 aliphatic rings. The fourth-order valence-electron chi connectivity index (χ4n) is 3.09. The highest BCUT2D eigenvalue weighted by atomic mass is 16.2. The van der Waals surface area contributed by atoms with Gasteiger partial charge in [0.1, 0.15) is 5.82 Å². The molecule has 128 valence electrons. The van der Waals surface area contributed by atoms with Gasteiger partial charge >= 0.3 is 0 Å². The Morgan fingerprint density at radius 2 is 2.21 bits per heavy atom. The highest BCUT2D eigenvalue weighted by Crippen LogP contribution is 2.20. The van der Waals surface area contributed by atoms with E-state index in [1.165, 1.54) is 11.1 Å². The lowest BCUT2D eigenvalue weighted by Gasteiger charge is -2.35. The highest BCUT2D eigenvalue weighted by Gasteiger charge is 2.28. The van der Waals surface area contributed by atoms with Gasteiger partial charge in [-0.05, 0) is 37.1 Å². The Labute approximate surface area is 142 Å². The van der Waals surface area contributed by atoms with E-state index in [0.717, 1.165) is 31.1 Å². The van der Waals surface area contributed by atoms with E-state index in [2.05, 4.69) is 34.4 Å². The number of carbonyl (C=O) groups is 1. The lowest BCUT2D eigenvalue weighted by atomic mass is 10.1. The van der Waals surface area contributed by atoms with Gasteiger partial charge in [-0.25, -0.2) is 4.98 Å². The van der Waals surface area contributed by atoms with Crippen molar-refractivity contribution in [3.8, 4) is 0 Å². The fraction of sp³-hybridized carbons (Fsp3) is 0.444. The average Bonchev–Trinajstić information content (AvgIpc) is 2.97. The van der Waals surface area contributed by atoms with Crippen LogP contribution in [0.15, 0.2) is 30.6 Å². The highest BCUT2D eigenvalue weighted by molar-refractivity contribution is 5.92. The zero-order valence-corrected chi connectivity index (χ0v) is 14.5. The molecule has 6 heteroatoms. The van der Waals surface area contributed by atoms with Crippen LogP contribution in [0.1, 0.15) is 23.0 Å². The first-order valence-corrected chi connectivity index (χ1v) is 8.33. The molecular weight excluding hydrogens is 302 g/mol. The minimum Gasteiger partial charge on any atom is -0.337 e. The molecule has 1 atom stereocenters. The molecule has 0 radical (unpaired) electrons. The zero-order chi connectivity index (χ0) is 17.1. The first-order valence-electron chi connectivity index (χ1n) is 8.33. The molecule has 3 rings (SSSR count). The van der Waals surface area contributed by atoms with Crippen LogP contribution in [0.4, 0.5) is 5.69 Å². The van der Waals surface area contributed by atoms with Crippen LogP contribution in [0.5, 0.6) is 0 Å². The maximum absolute atomic E-state index is 12.5. The minimum absolute atomic E-state index is 0.0133. The molecule has 1 aromatic carbocycles. The quantitative estimate of drug-likeness (QED) is 0.896. The van der Waals surface area contributed by atoms with Crippen molar-refractivity contribution in [2.45, 2.75) is 19.9 Å². The summed E-state index contributed by atoms with van der Waals surface area (Å²) in [5.41, 5.74) is 3.26. The molecular formula is C18H25N5O. The maximum atomic E-state index is 12.5. The van der Waals surface area contributed by atoms with E-state index in [-0.39, 0.29) is 11.9 Å². The standard InChI is InChI=1S/C18H25N5O/c1-13-4-5-15(10-14(13)2)21-17(24)12-23-9-6-19-11-16(23)18-20-7-8-22(18)3/h4-5,7-8,10,16,19H,6,9,11-12H2,1-3H3,(H,21,24). The molecule has 1 saturated heterocycles. The molecule has 1 fully saturated rings. The summed E-state index contributed by atoms with van der Waals surface area (Å²) in [6.07, 6.45) is 3.74. The van der Waals surface area contributed by atoms with Crippen molar-refractivity contribution in [1.82, 2.24) is 19.8 Å². The Bertz CT molecular complexity index is 724. The number of benzene rings is 1. The third kappa shape index (κ3) is 3.66. The maximum Gasteiger partial charge on any atom is 0.238 e. The van der Waals surface area contributed by atoms with Crippen LogP contribution in [-0.2, 0) is 11.8 Å². The van der Waals surface area contributed by atoms with E-state index in [1.807, 2.05) is 36.0 Å². The van der Waals surface area contributed by atoms with Gasteiger partial charge in [-0.15, -0.1) is 0 Å². The largest absolute Gasteiger partial charge is 0.337 e. The monoisotopic (exact) mass is 327 g/mol. The summed E-state index contributed by atoms with van der Waals surface area (Å²) in [5.74, 6) is 1.00. The van der Waals surface area contributed by atoms with Crippen LogP contribution in [0.3, 0.4) is 0 Å². The van der Waals surface area contributed by atoms with Gasteiger partial charge in [0.05, 0.1) is 12.6 Å². The van der Waals surface area contributed by atoms with Gasteiger partial charge in [0, 0.05) is 44.8 Å². The van der Waals surface area contributed by atoms with Crippen LogP contribution in [0.25, 0.3) is 0 Å². The number of piperazine rings is 1. The number of hydrogen-bond acceptors (Lipinski definition) is 4.